The summed E-state index contributed by atoms with van der Waals surface area (Å²) in [5, 5.41) is 11.6. The maximum Gasteiger partial charge on any atom is 0.303 e. The monoisotopic (exact) mass is 475 g/mol. The summed E-state index contributed by atoms with van der Waals surface area (Å²) in [6.45, 7) is 7.97. The molecule has 0 aromatic rings. The molecule has 0 aromatic carbocycles. The van der Waals surface area contributed by atoms with Gasteiger partial charge in [-0.3, -0.25) is 24.0 Å². The lowest BCUT2D eigenvalue weighted by Crippen LogP contribution is -2.66. The van der Waals surface area contributed by atoms with E-state index in [0.29, 0.717) is 6.42 Å². The first-order valence-corrected chi connectivity index (χ1v) is 10.5. The zero-order valence-corrected chi connectivity index (χ0v) is 19.7. The van der Waals surface area contributed by atoms with Crippen LogP contribution in [0.3, 0.4) is 0 Å². The van der Waals surface area contributed by atoms with E-state index in [1.165, 1.54) is 13.8 Å². The van der Waals surface area contributed by atoms with E-state index in [-0.39, 0.29) is 19.6 Å². The highest BCUT2D eigenvalue weighted by Gasteiger charge is 2.51. The zero-order valence-electron chi connectivity index (χ0n) is 19.7. The fourth-order valence-electron chi connectivity index (χ4n) is 3.38. The molecule has 0 saturated carbocycles. The number of hydrogen-bond acceptors (Lipinski definition) is 10. The number of amides is 1. The van der Waals surface area contributed by atoms with Crippen LogP contribution in [0.5, 0.6) is 0 Å². The summed E-state index contributed by atoms with van der Waals surface area (Å²) in [5.41, 5.74) is -0.587. The summed E-state index contributed by atoms with van der Waals surface area (Å²) in [5.74, 6) is -3.46. The molecule has 1 fully saturated rings. The number of hydrogen-bond donors (Lipinski definition) is 2. The molecular formula is C21H33NO11. The second kappa shape index (κ2) is 12.5. The van der Waals surface area contributed by atoms with Crippen molar-refractivity contribution >= 4 is 29.8 Å². The standard InChI is InChI=1S/C21H33NO11/c1-11(23)22-17-19(32-14(4)26)18(31-13(3)25)15(10-30-12(2)24)33-20(17)29-8-7-21(5,6)9-16(27)28/h15,17-20H,7-10H2,1-6H3,(H,22,23)(H,27,28)/t15-,17-,18+,19-,20-/m1/s1. The van der Waals surface area contributed by atoms with Gasteiger partial charge in [0.2, 0.25) is 5.91 Å². The number of esters is 3. The Morgan fingerprint density at radius 2 is 1.52 bits per heavy atom. The van der Waals surface area contributed by atoms with E-state index >= 15 is 0 Å². The zero-order chi connectivity index (χ0) is 25.3. The van der Waals surface area contributed by atoms with Crippen LogP contribution in [0.15, 0.2) is 0 Å². The van der Waals surface area contributed by atoms with Gasteiger partial charge in [0, 0.05) is 27.7 Å². The Balaban J connectivity index is 3.19. The summed E-state index contributed by atoms with van der Waals surface area (Å²) in [7, 11) is 0. The molecule has 1 rings (SSSR count). The summed E-state index contributed by atoms with van der Waals surface area (Å²) in [4.78, 5) is 57.8. The van der Waals surface area contributed by atoms with Gasteiger partial charge in [-0.15, -0.1) is 0 Å². The Morgan fingerprint density at radius 3 is 2.00 bits per heavy atom. The number of rotatable bonds is 11. The summed E-state index contributed by atoms with van der Waals surface area (Å²) >= 11 is 0. The third kappa shape index (κ3) is 10.2. The molecule has 188 valence electrons. The van der Waals surface area contributed by atoms with E-state index in [4.69, 9.17) is 28.8 Å². The summed E-state index contributed by atoms with van der Waals surface area (Å²) in [6, 6.07) is -1.06. The summed E-state index contributed by atoms with van der Waals surface area (Å²) in [6.07, 6.45) is -4.40. The minimum atomic E-state index is -1.21. The average Bonchev–Trinajstić information content (AvgIpc) is 2.62. The van der Waals surface area contributed by atoms with E-state index in [0.717, 1.165) is 13.8 Å². The molecular weight excluding hydrogens is 442 g/mol. The maximum atomic E-state index is 11.9. The second-order valence-electron chi connectivity index (χ2n) is 8.58. The molecule has 1 saturated heterocycles. The molecule has 1 heterocycles. The summed E-state index contributed by atoms with van der Waals surface area (Å²) < 4.78 is 27.4. The van der Waals surface area contributed by atoms with Gasteiger partial charge >= 0.3 is 23.9 Å². The SMILES string of the molecule is CC(=O)N[C@H]1[C@H](OCCC(C)(C)CC(=O)O)O[C@H](COC(C)=O)[C@H](OC(C)=O)[C@@H]1OC(C)=O. The van der Waals surface area contributed by atoms with Crippen molar-refractivity contribution in [2.24, 2.45) is 5.41 Å². The van der Waals surface area contributed by atoms with Crippen molar-refractivity contribution in [3.8, 4) is 0 Å². The number of carboxylic acid groups (broad SMARTS) is 1. The number of carbonyl (C=O) groups excluding carboxylic acids is 4. The van der Waals surface area contributed by atoms with Gasteiger partial charge in [-0.25, -0.2) is 0 Å². The first-order valence-electron chi connectivity index (χ1n) is 10.5. The topological polar surface area (TPSA) is 164 Å². The molecule has 0 aliphatic carbocycles. The number of carbonyl (C=O) groups is 5. The predicted octanol–water partition coefficient (Wildman–Crippen LogP) is 0.550. The molecule has 5 atom stereocenters. The molecule has 0 aromatic heterocycles. The third-order valence-corrected chi connectivity index (χ3v) is 4.76. The van der Waals surface area contributed by atoms with Crippen LogP contribution in [0.1, 0.15) is 54.4 Å². The first-order chi connectivity index (χ1) is 15.2. The van der Waals surface area contributed by atoms with Gasteiger partial charge in [-0.05, 0) is 11.8 Å². The highest BCUT2D eigenvalue weighted by Crippen LogP contribution is 2.30. The van der Waals surface area contributed by atoms with Gasteiger partial charge in [0.25, 0.3) is 0 Å². The Morgan fingerprint density at radius 1 is 0.939 bits per heavy atom. The van der Waals surface area contributed by atoms with E-state index < -0.39 is 65.8 Å². The molecule has 0 spiro atoms. The molecule has 12 heteroatoms. The quantitative estimate of drug-likeness (QED) is 0.317. The molecule has 1 aliphatic heterocycles. The van der Waals surface area contributed by atoms with Crippen molar-refractivity contribution in [1.82, 2.24) is 5.32 Å². The van der Waals surface area contributed by atoms with Crippen molar-refractivity contribution in [3.63, 3.8) is 0 Å². The molecule has 0 radical (unpaired) electrons. The van der Waals surface area contributed by atoms with E-state index in [1.807, 2.05) is 0 Å². The lowest BCUT2D eigenvalue weighted by Gasteiger charge is -2.45. The van der Waals surface area contributed by atoms with E-state index in [9.17, 15) is 24.0 Å². The second-order valence-corrected chi connectivity index (χ2v) is 8.58. The van der Waals surface area contributed by atoms with Crippen molar-refractivity contribution < 1.29 is 52.8 Å². The van der Waals surface area contributed by atoms with Crippen molar-refractivity contribution in [2.75, 3.05) is 13.2 Å². The molecule has 1 amide bonds. The van der Waals surface area contributed by atoms with Gasteiger partial charge in [0.1, 0.15) is 18.8 Å². The molecule has 0 bridgehead atoms. The lowest BCUT2D eigenvalue weighted by molar-refractivity contribution is -0.278. The van der Waals surface area contributed by atoms with Crippen LogP contribution in [0.2, 0.25) is 0 Å². The average molecular weight is 475 g/mol. The number of nitrogens with one attached hydrogen (secondary N) is 1. The smallest absolute Gasteiger partial charge is 0.303 e. The van der Waals surface area contributed by atoms with Crippen LogP contribution >= 0.6 is 0 Å². The minimum Gasteiger partial charge on any atom is -0.481 e. The Labute approximate surface area is 192 Å². The van der Waals surface area contributed by atoms with Crippen molar-refractivity contribution in [3.05, 3.63) is 0 Å². The van der Waals surface area contributed by atoms with Gasteiger partial charge in [-0.1, -0.05) is 13.8 Å². The Kier molecular flexibility index (Phi) is 10.7. The number of carboxylic acids is 1. The molecule has 2 N–H and O–H groups in total. The first kappa shape index (κ1) is 28.3. The van der Waals surface area contributed by atoms with Crippen LogP contribution < -0.4 is 5.32 Å². The van der Waals surface area contributed by atoms with Crippen LogP contribution in [0.4, 0.5) is 0 Å². The van der Waals surface area contributed by atoms with Crippen molar-refractivity contribution in [1.29, 1.82) is 0 Å². The van der Waals surface area contributed by atoms with Crippen molar-refractivity contribution in [2.45, 2.75) is 85.0 Å². The maximum absolute atomic E-state index is 11.9. The lowest BCUT2D eigenvalue weighted by atomic mass is 9.86. The normalized spacial score (nSPS) is 25.0. The van der Waals surface area contributed by atoms with Crippen LogP contribution in [-0.4, -0.2) is 78.7 Å². The Hall–Kier alpha value is -2.73. The number of aliphatic carboxylic acids is 1. The van der Waals surface area contributed by atoms with E-state index in [2.05, 4.69) is 5.32 Å². The van der Waals surface area contributed by atoms with Crippen LogP contribution in [0.25, 0.3) is 0 Å². The van der Waals surface area contributed by atoms with Gasteiger partial charge in [0.05, 0.1) is 13.0 Å². The fourth-order valence-corrected chi connectivity index (χ4v) is 3.38. The molecule has 1 aliphatic rings. The highest BCUT2D eigenvalue weighted by molar-refractivity contribution is 5.73. The largest absolute Gasteiger partial charge is 0.481 e. The molecule has 0 unspecified atom stereocenters. The highest BCUT2D eigenvalue weighted by atomic mass is 16.7. The van der Waals surface area contributed by atoms with Gasteiger partial charge in [-0.2, -0.15) is 0 Å². The molecule has 33 heavy (non-hydrogen) atoms. The fraction of sp³-hybridized carbons (Fsp3) is 0.762. The molecule has 12 nitrogen and oxygen atoms in total. The minimum absolute atomic E-state index is 0.0480. The predicted molar refractivity (Wildman–Crippen MR) is 111 cm³/mol. The van der Waals surface area contributed by atoms with Gasteiger partial charge in [0.15, 0.2) is 18.5 Å². The van der Waals surface area contributed by atoms with Crippen LogP contribution in [-0.2, 0) is 47.7 Å². The number of ether oxygens (including phenoxy) is 5. The van der Waals surface area contributed by atoms with Gasteiger partial charge < -0.3 is 34.1 Å². The van der Waals surface area contributed by atoms with E-state index in [1.54, 1.807) is 13.8 Å². The third-order valence-electron chi connectivity index (χ3n) is 4.76. The Bertz CT molecular complexity index is 736. The van der Waals surface area contributed by atoms with Crippen LogP contribution in [0, 0.1) is 5.41 Å².